The third-order valence-corrected chi connectivity index (χ3v) is 7.08. The Kier molecular flexibility index (Phi) is 4.49. The van der Waals surface area contributed by atoms with E-state index < -0.39 is 0 Å². The first-order valence-corrected chi connectivity index (χ1v) is 11.4. The molecule has 32 heavy (non-hydrogen) atoms. The maximum Gasteiger partial charge on any atom is 0.265 e. The van der Waals surface area contributed by atoms with Crippen LogP contribution in [0.5, 0.6) is 0 Å². The van der Waals surface area contributed by atoms with Crippen molar-refractivity contribution < 1.29 is 0 Å². The summed E-state index contributed by atoms with van der Waals surface area (Å²) in [5, 5.41) is 1.37. The zero-order chi connectivity index (χ0) is 22.0. The maximum absolute atomic E-state index is 13.8. The zero-order valence-corrected chi connectivity index (χ0v) is 18.9. The Morgan fingerprint density at radius 2 is 1.62 bits per heavy atom. The predicted molar refractivity (Wildman–Crippen MR) is 128 cm³/mol. The van der Waals surface area contributed by atoms with Crippen molar-refractivity contribution >= 4 is 56.4 Å². The number of aryl methyl sites for hydroxylation is 1. The molecule has 1 aliphatic rings. The maximum atomic E-state index is 13.8. The molecule has 3 aromatic heterocycles. The number of nitrogens with zero attached hydrogens (tertiary/aromatic N) is 5. The highest BCUT2D eigenvalue weighted by Crippen LogP contribution is 2.34. The van der Waals surface area contributed by atoms with Gasteiger partial charge in [-0.05, 0) is 50.1 Å². The standard InChI is InChI=1S/C24H19Cl2N5O/c1-13-27-22-20(24(32)30(13)14-6-2-3-7-14)21-23(29-19-9-5-4-8-18(19)28-21)31(22)15-10-11-16(25)17(26)12-15/h4-5,8-12,14H,2-3,6-7H2,1H3. The second-order valence-corrected chi connectivity index (χ2v) is 9.10. The fourth-order valence-electron chi connectivity index (χ4n) is 4.87. The molecule has 1 fully saturated rings. The van der Waals surface area contributed by atoms with Crippen molar-refractivity contribution in [3.63, 3.8) is 0 Å². The van der Waals surface area contributed by atoms with Crippen molar-refractivity contribution in [2.45, 2.75) is 38.6 Å². The van der Waals surface area contributed by atoms with Gasteiger partial charge in [0.1, 0.15) is 16.7 Å². The topological polar surface area (TPSA) is 65.6 Å². The Morgan fingerprint density at radius 1 is 0.906 bits per heavy atom. The lowest BCUT2D eigenvalue weighted by atomic mass is 10.2. The van der Waals surface area contributed by atoms with Crippen LogP contribution in [0.25, 0.3) is 38.9 Å². The van der Waals surface area contributed by atoms with Crippen LogP contribution in [-0.2, 0) is 0 Å². The van der Waals surface area contributed by atoms with Gasteiger partial charge in [-0.3, -0.25) is 13.9 Å². The summed E-state index contributed by atoms with van der Waals surface area (Å²) in [6, 6.07) is 13.2. The summed E-state index contributed by atoms with van der Waals surface area (Å²) < 4.78 is 3.71. The zero-order valence-electron chi connectivity index (χ0n) is 17.3. The van der Waals surface area contributed by atoms with Crippen molar-refractivity contribution in [3.8, 4) is 5.69 Å². The van der Waals surface area contributed by atoms with Gasteiger partial charge in [-0.25, -0.2) is 15.0 Å². The first kappa shape index (κ1) is 19.7. The fraction of sp³-hybridized carbons (Fsp3) is 0.250. The molecule has 160 valence electrons. The smallest absolute Gasteiger partial charge is 0.265 e. The van der Waals surface area contributed by atoms with Crippen LogP contribution < -0.4 is 5.56 Å². The molecule has 0 bridgehead atoms. The molecule has 0 atom stereocenters. The van der Waals surface area contributed by atoms with Crippen molar-refractivity contribution in [2.75, 3.05) is 0 Å². The van der Waals surface area contributed by atoms with E-state index in [4.69, 9.17) is 38.2 Å². The average Bonchev–Trinajstić information content (AvgIpc) is 3.40. The average molecular weight is 464 g/mol. The van der Waals surface area contributed by atoms with Crippen LogP contribution in [0.2, 0.25) is 10.0 Å². The van der Waals surface area contributed by atoms with Crippen LogP contribution in [0.15, 0.2) is 47.3 Å². The van der Waals surface area contributed by atoms with E-state index in [1.54, 1.807) is 12.1 Å². The van der Waals surface area contributed by atoms with E-state index in [-0.39, 0.29) is 11.6 Å². The Balaban J connectivity index is 1.79. The van der Waals surface area contributed by atoms with Crippen molar-refractivity contribution in [3.05, 3.63) is 68.7 Å². The second-order valence-electron chi connectivity index (χ2n) is 8.29. The Morgan fingerprint density at radius 3 is 2.34 bits per heavy atom. The number of fused-ring (bicyclic) bond motifs is 4. The first-order valence-electron chi connectivity index (χ1n) is 10.7. The highest BCUT2D eigenvalue weighted by molar-refractivity contribution is 6.42. The minimum atomic E-state index is -0.0622. The highest BCUT2D eigenvalue weighted by atomic mass is 35.5. The summed E-state index contributed by atoms with van der Waals surface area (Å²) in [4.78, 5) is 28.5. The number of aromatic nitrogens is 5. The summed E-state index contributed by atoms with van der Waals surface area (Å²) in [5.74, 6) is 0.697. The van der Waals surface area contributed by atoms with E-state index in [0.717, 1.165) is 42.4 Å². The number of hydrogen-bond donors (Lipinski definition) is 0. The normalized spacial score (nSPS) is 14.8. The molecule has 6 rings (SSSR count). The van der Waals surface area contributed by atoms with E-state index in [2.05, 4.69) is 0 Å². The Labute approximate surface area is 193 Å². The molecule has 6 nitrogen and oxygen atoms in total. The van der Waals surface area contributed by atoms with E-state index in [9.17, 15) is 4.79 Å². The molecule has 2 aromatic carbocycles. The van der Waals surface area contributed by atoms with Crippen LogP contribution in [0, 0.1) is 6.92 Å². The van der Waals surface area contributed by atoms with Crippen LogP contribution in [0.4, 0.5) is 0 Å². The largest absolute Gasteiger partial charge is 0.293 e. The lowest BCUT2D eigenvalue weighted by Gasteiger charge is -2.16. The molecule has 1 aliphatic carbocycles. The van der Waals surface area contributed by atoms with Crippen molar-refractivity contribution in [1.82, 2.24) is 24.1 Å². The molecule has 8 heteroatoms. The SMILES string of the molecule is Cc1nc2c(c(=O)n1C1CCCC1)c1nc3ccccc3nc1n2-c1ccc(Cl)c(Cl)c1. The summed E-state index contributed by atoms with van der Waals surface area (Å²) in [6.45, 7) is 1.90. The van der Waals surface area contributed by atoms with Gasteiger partial charge in [0.15, 0.2) is 11.3 Å². The van der Waals surface area contributed by atoms with Gasteiger partial charge in [0.25, 0.3) is 5.56 Å². The third kappa shape index (κ3) is 2.86. The summed E-state index contributed by atoms with van der Waals surface area (Å²) in [6.07, 6.45) is 4.25. The lowest BCUT2D eigenvalue weighted by Crippen LogP contribution is -2.27. The predicted octanol–water partition coefficient (Wildman–Crippen LogP) is 6.01. The summed E-state index contributed by atoms with van der Waals surface area (Å²) in [7, 11) is 0. The molecule has 0 amide bonds. The summed E-state index contributed by atoms with van der Waals surface area (Å²) in [5.41, 5.74) is 3.81. The van der Waals surface area contributed by atoms with Gasteiger partial charge in [0.05, 0.1) is 26.8 Å². The van der Waals surface area contributed by atoms with Crippen LogP contribution in [0.1, 0.15) is 37.5 Å². The quantitative estimate of drug-likeness (QED) is 0.321. The van der Waals surface area contributed by atoms with Crippen LogP contribution in [0.3, 0.4) is 0 Å². The van der Waals surface area contributed by atoms with Gasteiger partial charge in [0, 0.05) is 6.04 Å². The number of rotatable bonds is 2. The molecule has 1 saturated carbocycles. The van der Waals surface area contributed by atoms with Gasteiger partial charge in [-0.1, -0.05) is 48.2 Å². The van der Waals surface area contributed by atoms with Gasteiger partial charge >= 0.3 is 0 Å². The fourth-order valence-corrected chi connectivity index (χ4v) is 5.16. The van der Waals surface area contributed by atoms with E-state index in [1.165, 1.54) is 0 Å². The van der Waals surface area contributed by atoms with Gasteiger partial charge in [0.2, 0.25) is 0 Å². The number of hydrogen-bond acceptors (Lipinski definition) is 4. The molecule has 5 aromatic rings. The Bertz CT molecular complexity index is 1600. The number of benzene rings is 2. The molecule has 0 saturated heterocycles. The van der Waals surface area contributed by atoms with Crippen molar-refractivity contribution in [1.29, 1.82) is 0 Å². The van der Waals surface area contributed by atoms with Gasteiger partial charge < -0.3 is 0 Å². The Hall–Kier alpha value is -2.96. The number of para-hydroxylation sites is 2. The van der Waals surface area contributed by atoms with Crippen molar-refractivity contribution in [2.24, 2.45) is 0 Å². The lowest BCUT2D eigenvalue weighted by molar-refractivity contribution is 0.485. The summed E-state index contributed by atoms with van der Waals surface area (Å²) >= 11 is 12.5. The van der Waals surface area contributed by atoms with Crippen LogP contribution >= 0.6 is 23.2 Å². The van der Waals surface area contributed by atoms with Gasteiger partial charge in [-0.2, -0.15) is 0 Å². The monoisotopic (exact) mass is 463 g/mol. The molecular weight excluding hydrogens is 445 g/mol. The van der Waals surface area contributed by atoms with E-state index in [1.807, 2.05) is 46.4 Å². The molecule has 0 N–H and O–H groups in total. The highest BCUT2D eigenvalue weighted by Gasteiger charge is 2.26. The molecule has 0 aliphatic heterocycles. The second kappa shape index (κ2) is 7.29. The van der Waals surface area contributed by atoms with Crippen LogP contribution in [-0.4, -0.2) is 24.1 Å². The van der Waals surface area contributed by atoms with E-state index >= 15 is 0 Å². The third-order valence-electron chi connectivity index (χ3n) is 6.34. The molecule has 3 heterocycles. The molecule has 0 unspecified atom stereocenters. The van der Waals surface area contributed by atoms with Gasteiger partial charge in [-0.15, -0.1) is 0 Å². The molecule has 0 radical (unpaired) electrons. The molecular formula is C24H19Cl2N5O. The minimum absolute atomic E-state index is 0.0622. The number of halogens is 2. The molecule has 0 spiro atoms. The van der Waals surface area contributed by atoms with E-state index in [0.29, 0.717) is 38.1 Å². The first-order chi connectivity index (χ1) is 15.5. The minimum Gasteiger partial charge on any atom is -0.293 e.